The summed E-state index contributed by atoms with van der Waals surface area (Å²) in [5.41, 5.74) is 0.156. The highest BCUT2D eigenvalue weighted by atomic mass is 35.5. The van der Waals surface area contributed by atoms with E-state index in [-0.39, 0.29) is 22.3 Å². The van der Waals surface area contributed by atoms with Gasteiger partial charge in [-0.25, -0.2) is 8.42 Å². The molecule has 0 bridgehead atoms. The average Bonchev–Trinajstić information content (AvgIpc) is 2.71. The van der Waals surface area contributed by atoms with E-state index >= 15 is 0 Å². The van der Waals surface area contributed by atoms with Crippen LogP contribution in [-0.4, -0.2) is 49.5 Å². The lowest BCUT2D eigenvalue weighted by Gasteiger charge is -2.33. The smallest absolute Gasteiger partial charge is 0.244 e. The van der Waals surface area contributed by atoms with E-state index in [1.54, 1.807) is 19.1 Å². The summed E-state index contributed by atoms with van der Waals surface area (Å²) in [6.45, 7) is 6.38. The molecule has 0 unspecified atom stereocenters. The van der Waals surface area contributed by atoms with Gasteiger partial charge >= 0.3 is 0 Å². The van der Waals surface area contributed by atoms with Crippen molar-refractivity contribution in [3.8, 4) is 0 Å². The van der Waals surface area contributed by atoms with Gasteiger partial charge in [0.1, 0.15) is 12.6 Å². The minimum atomic E-state index is -3.90. The molecule has 2 aromatic rings. The zero-order valence-corrected chi connectivity index (χ0v) is 23.7. The van der Waals surface area contributed by atoms with Gasteiger partial charge in [-0.3, -0.25) is 13.9 Å². The van der Waals surface area contributed by atoms with Crippen molar-refractivity contribution in [1.82, 2.24) is 10.2 Å². The summed E-state index contributed by atoms with van der Waals surface area (Å²) in [5.74, 6) is -1.03. The number of amides is 2. The van der Waals surface area contributed by atoms with E-state index in [1.165, 1.54) is 29.2 Å². The topological polar surface area (TPSA) is 86.8 Å². The Hall–Kier alpha value is -1.71. The molecular formula is C23H27Cl4N3O4S. The first kappa shape index (κ1) is 29.5. The normalized spacial score (nSPS) is 12.7. The predicted molar refractivity (Wildman–Crippen MR) is 143 cm³/mol. The monoisotopic (exact) mass is 581 g/mol. The van der Waals surface area contributed by atoms with Gasteiger partial charge in [-0.05, 0) is 63.6 Å². The number of carbonyl (C=O) groups excluding carboxylic acids is 2. The molecule has 192 valence electrons. The number of halogens is 4. The first-order chi connectivity index (χ1) is 16.0. The fourth-order valence-electron chi connectivity index (χ4n) is 3.14. The van der Waals surface area contributed by atoms with Gasteiger partial charge in [-0.1, -0.05) is 52.5 Å². The van der Waals surface area contributed by atoms with E-state index in [2.05, 4.69) is 5.32 Å². The van der Waals surface area contributed by atoms with Gasteiger partial charge in [0.15, 0.2) is 0 Å². The van der Waals surface area contributed by atoms with Crippen LogP contribution in [0.1, 0.15) is 33.3 Å². The van der Waals surface area contributed by atoms with Crippen molar-refractivity contribution in [2.75, 3.05) is 17.1 Å². The molecule has 0 aliphatic rings. The highest BCUT2D eigenvalue weighted by Gasteiger charge is 2.32. The van der Waals surface area contributed by atoms with Crippen LogP contribution in [0.5, 0.6) is 0 Å². The summed E-state index contributed by atoms with van der Waals surface area (Å²) in [6.07, 6.45) is 0.971. The number of hydrogen-bond acceptors (Lipinski definition) is 4. The van der Waals surface area contributed by atoms with Crippen LogP contribution in [0.3, 0.4) is 0 Å². The number of nitrogens with one attached hydrogen (secondary N) is 1. The number of hydrogen-bond donors (Lipinski definition) is 1. The third-order valence-corrected chi connectivity index (χ3v) is 7.36. The maximum Gasteiger partial charge on any atom is 0.244 e. The molecule has 0 saturated heterocycles. The fourth-order valence-corrected chi connectivity index (χ4v) is 4.75. The highest BCUT2D eigenvalue weighted by Crippen LogP contribution is 2.29. The largest absolute Gasteiger partial charge is 0.350 e. The lowest BCUT2D eigenvalue weighted by atomic mass is 10.1. The van der Waals surface area contributed by atoms with Crippen molar-refractivity contribution in [1.29, 1.82) is 0 Å². The van der Waals surface area contributed by atoms with Gasteiger partial charge in [0.25, 0.3) is 0 Å². The zero-order chi connectivity index (χ0) is 26.7. The van der Waals surface area contributed by atoms with Crippen LogP contribution in [0.4, 0.5) is 5.69 Å². The summed E-state index contributed by atoms with van der Waals surface area (Å²) >= 11 is 24.3. The Morgan fingerprint density at radius 3 is 2.11 bits per heavy atom. The molecular weight excluding hydrogens is 556 g/mol. The zero-order valence-electron chi connectivity index (χ0n) is 19.9. The second kappa shape index (κ2) is 11.6. The Morgan fingerprint density at radius 1 is 0.971 bits per heavy atom. The first-order valence-electron chi connectivity index (χ1n) is 10.5. The van der Waals surface area contributed by atoms with E-state index in [4.69, 9.17) is 46.4 Å². The van der Waals surface area contributed by atoms with Gasteiger partial charge in [0.2, 0.25) is 21.8 Å². The van der Waals surface area contributed by atoms with Gasteiger partial charge in [0.05, 0.1) is 22.0 Å². The SMILES string of the molecule is C[C@@H](C(=O)NC(C)(C)C)N(Cc1ccc(Cl)cc1Cl)C(=O)CN(c1ccc(Cl)c(Cl)c1)S(C)(=O)=O. The quantitative estimate of drug-likeness (QED) is 0.451. The molecule has 0 fully saturated rings. The van der Waals surface area contributed by atoms with E-state index in [9.17, 15) is 18.0 Å². The van der Waals surface area contributed by atoms with E-state index in [0.29, 0.717) is 15.6 Å². The molecule has 12 heteroatoms. The van der Waals surface area contributed by atoms with Crippen molar-refractivity contribution >= 4 is 73.9 Å². The van der Waals surface area contributed by atoms with Crippen LogP contribution in [0.15, 0.2) is 36.4 Å². The summed E-state index contributed by atoms with van der Waals surface area (Å²) in [6, 6.07) is 8.08. The molecule has 7 nitrogen and oxygen atoms in total. The van der Waals surface area contributed by atoms with Gasteiger partial charge in [-0.15, -0.1) is 0 Å². The average molecular weight is 583 g/mol. The van der Waals surface area contributed by atoms with E-state index in [1.807, 2.05) is 20.8 Å². The van der Waals surface area contributed by atoms with Crippen LogP contribution in [0.2, 0.25) is 20.1 Å². The first-order valence-corrected chi connectivity index (χ1v) is 13.8. The fraction of sp³-hybridized carbons (Fsp3) is 0.391. The van der Waals surface area contributed by atoms with Crippen molar-refractivity contribution in [2.45, 2.75) is 45.8 Å². The standard InChI is InChI=1S/C23H27Cl4N3O4S/c1-14(22(32)28-23(2,3)4)29(12-15-6-7-16(24)10-19(15)26)21(31)13-30(35(5,33)34)17-8-9-18(25)20(27)11-17/h6-11,14H,12-13H2,1-5H3,(H,28,32)/t14-/m0/s1. The molecule has 0 radical (unpaired) electrons. The molecule has 0 aliphatic carbocycles. The second-order valence-corrected chi connectivity index (χ2v) is 12.6. The summed E-state index contributed by atoms with van der Waals surface area (Å²) in [4.78, 5) is 27.7. The molecule has 1 N–H and O–H groups in total. The molecule has 0 saturated carbocycles. The van der Waals surface area contributed by atoms with Crippen molar-refractivity contribution < 1.29 is 18.0 Å². The van der Waals surface area contributed by atoms with Gasteiger partial charge < -0.3 is 10.2 Å². The maximum atomic E-state index is 13.5. The van der Waals surface area contributed by atoms with Crippen LogP contribution in [0.25, 0.3) is 0 Å². The van der Waals surface area contributed by atoms with Crippen molar-refractivity contribution in [3.63, 3.8) is 0 Å². The highest BCUT2D eigenvalue weighted by molar-refractivity contribution is 7.92. The third kappa shape index (κ3) is 8.43. The Labute approximate surface area is 226 Å². The summed E-state index contributed by atoms with van der Waals surface area (Å²) in [7, 11) is -3.90. The minimum absolute atomic E-state index is 0.0491. The molecule has 0 spiro atoms. The molecule has 0 heterocycles. The molecule has 2 amide bonds. The van der Waals surface area contributed by atoms with Crippen molar-refractivity contribution in [2.24, 2.45) is 0 Å². The Kier molecular flexibility index (Phi) is 9.75. The van der Waals surface area contributed by atoms with Crippen LogP contribution in [-0.2, 0) is 26.2 Å². The number of anilines is 1. The second-order valence-electron chi connectivity index (χ2n) is 9.04. The summed E-state index contributed by atoms with van der Waals surface area (Å²) in [5, 5.41) is 3.94. The number of nitrogens with zero attached hydrogens (tertiary/aromatic N) is 2. The lowest BCUT2D eigenvalue weighted by Crippen LogP contribution is -2.54. The third-order valence-electron chi connectivity index (χ3n) is 4.89. The number of rotatable bonds is 8. The van der Waals surface area contributed by atoms with Gasteiger partial charge in [-0.2, -0.15) is 0 Å². The number of sulfonamides is 1. The molecule has 1 atom stereocenters. The minimum Gasteiger partial charge on any atom is -0.350 e. The lowest BCUT2D eigenvalue weighted by molar-refractivity contribution is -0.140. The molecule has 0 aliphatic heterocycles. The number of carbonyl (C=O) groups is 2. The molecule has 2 aromatic carbocycles. The molecule has 0 aromatic heterocycles. The van der Waals surface area contributed by atoms with Gasteiger partial charge in [0, 0.05) is 22.1 Å². The van der Waals surface area contributed by atoms with E-state index in [0.717, 1.165) is 10.6 Å². The van der Waals surface area contributed by atoms with Crippen LogP contribution in [0, 0.1) is 0 Å². The number of benzene rings is 2. The molecule has 35 heavy (non-hydrogen) atoms. The Bertz CT molecular complexity index is 1220. The predicted octanol–water partition coefficient (Wildman–Crippen LogP) is 5.40. The maximum absolute atomic E-state index is 13.5. The molecule has 2 rings (SSSR count). The van der Waals surface area contributed by atoms with Crippen LogP contribution >= 0.6 is 46.4 Å². The Morgan fingerprint density at radius 2 is 1.60 bits per heavy atom. The Balaban J connectivity index is 2.46. The summed E-state index contributed by atoms with van der Waals surface area (Å²) < 4.78 is 26.1. The van der Waals surface area contributed by atoms with Crippen LogP contribution < -0.4 is 9.62 Å². The van der Waals surface area contributed by atoms with Crippen molar-refractivity contribution in [3.05, 3.63) is 62.1 Å². The van der Waals surface area contributed by atoms with E-state index < -0.39 is 40.0 Å².